The second kappa shape index (κ2) is 6.73. The van der Waals surface area contributed by atoms with E-state index in [2.05, 4.69) is 23.7 Å². The smallest absolute Gasteiger partial charge is 0.178 e. The van der Waals surface area contributed by atoms with Crippen LogP contribution >= 0.6 is 0 Å². The lowest BCUT2D eigenvalue weighted by molar-refractivity contribution is 0.542. The van der Waals surface area contributed by atoms with Gasteiger partial charge in [-0.2, -0.15) is 0 Å². The molecular formula is C12H14N2O. The minimum Gasteiger partial charge on any atom is -0.439 e. The maximum absolute atomic E-state index is 5.35. The first-order valence-corrected chi connectivity index (χ1v) is 4.84. The molecular weight excluding hydrogens is 188 g/mol. The van der Waals surface area contributed by atoms with Crippen molar-refractivity contribution in [2.75, 3.05) is 13.1 Å². The molecule has 4 N–H and O–H groups in total. The molecule has 78 valence electrons. The summed E-state index contributed by atoms with van der Waals surface area (Å²) >= 11 is 0. The summed E-state index contributed by atoms with van der Waals surface area (Å²) in [6, 6.07) is 3.59. The van der Waals surface area contributed by atoms with Gasteiger partial charge >= 0.3 is 0 Å². The van der Waals surface area contributed by atoms with Gasteiger partial charge in [-0.05, 0) is 36.9 Å². The molecule has 3 heteroatoms. The number of rotatable bonds is 2. The lowest BCUT2D eigenvalue weighted by Crippen LogP contribution is -1.96. The van der Waals surface area contributed by atoms with Crippen LogP contribution in [0.1, 0.15) is 24.4 Å². The molecule has 0 saturated carbocycles. The molecule has 0 aliphatic heterocycles. The van der Waals surface area contributed by atoms with Gasteiger partial charge in [-0.1, -0.05) is 11.8 Å². The highest BCUT2D eigenvalue weighted by atomic mass is 16.3. The molecule has 0 fully saturated rings. The molecule has 1 rings (SSSR count). The van der Waals surface area contributed by atoms with Crippen molar-refractivity contribution in [2.24, 2.45) is 11.5 Å². The van der Waals surface area contributed by atoms with E-state index in [0.717, 1.165) is 12.8 Å². The van der Waals surface area contributed by atoms with E-state index in [9.17, 15) is 0 Å². The van der Waals surface area contributed by atoms with E-state index in [-0.39, 0.29) is 0 Å². The Kier molecular flexibility index (Phi) is 5.11. The van der Waals surface area contributed by atoms with E-state index in [1.54, 1.807) is 12.1 Å². The van der Waals surface area contributed by atoms with E-state index >= 15 is 0 Å². The first-order chi connectivity index (χ1) is 7.36. The number of furan rings is 1. The second-order valence-corrected chi connectivity index (χ2v) is 2.86. The van der Waals surface area contributed by atoms with E-state index < -0.39 is 0 Å². The highest BCUT2D eigenvalue weighted by Gasteiger charge is 1.94. The number of hydrogen-bond acceptors (Lipinski definition) is 3. The first-order valence-electron chi connectivity index (χ1n) is 4.84. The third-order valence-corrected chi connectivity index (χ3v) is 1.64. The van der Waals surface area contributed by atoms with Crippen molar-refractivity contribution in [3.8, 4) is 23.7 Å². The van der Waals surface area contributed by atoms with Crippen LogP contribution in [0.4, 0.5) is 0 Å². The molecule has 0 saturated heterocycles. The predicted octanol–water partition coefficient (Wildman–Crippen LogP) is 0.680. The van der Waals surface area contributed by atoms with Crippen LogP contribution in [-0.2, 0) is 0 Å². The van der Waals surface area contributed by atoms with Crippen LogP contribution in [-0.4, -0.2) is 13.1 Å². The van der Waals surface area contributed by atoms with Gasteiger partial charge in [0.2, 0.25) is 0 Å². The fourth-order valence-electron chi connectivity index (χ4n) is 0.950. The molecule has 0 bridgehead atoms. The van der Waals surface area contributed by atoms with Gasteiger partial charge in [0.15, 0.2) is 11.5 Å². The second-order valence-electron chi connectivity index (χ2n) is 2.86. The number of hydrogen-bond donors (Lipinski definition) is 2. The number of unbranched alkanes of at least 4 members (excludes halogenated alkanes) is 1. The summed E-state index contributed by atoms with van der Waals surface area (Å²) in [6.07, 6.45) is 1.70. The zero-order chi connectivity index (χ0) is 10.9. The minimum absolute atomic E-state index is 0.332. The van der Waals surface area contributed by atoms with Crippen LogP contribution in [0, 0.1) is 23.7 Å². The van der Waals surface area contributed by atoms with Gasteiger partial charge in [-0.15, -0.1) is 0 Å². The van der Waals surface area contributed by atoms with Gasteiger partial charge < -0.3 is 15.9 Å². The third kappa shape index (κ3) is 4.37. The Morgan fingerprint density at radius 2 is 1.73 bits per heavy atom. The Labute approximate surface area is 89.8 Å². The molecule has 3 nitrogen and oxygen atoms in total. The normalized spacial score (nSPS) is 8.67. The molecule has 0 aromatic carbocycles. The summed E-state index contributed by atoms with van der Waals surface area (Å²) in [5.41, 5.74) is 10.6. The maximum atomic E-state index is 5.35. The molecule has 0 radical (unpaired) electrons. The van der Waals surface area contributed by atoms with Gasteiger partial charge in [-0.25, -0.2) is 0 Å². The Bertz CT molecular complexity index is 412. The monoisotopic (exact) mass is 202 g/mol. The van der Waals surface area contributed by atoms with E-state index in [1.807, 2.05) is 0 Å². The van der Waals surface area contributed by atoms with Gasteiger partial charge in [0, 0.05) is 6.42 Å². The standard InChI is InChI=1S/C12H14N2O/c13-9-3-1-2-5-11-7-8-12(15-11)6-4-10-14/h7-8H,1,3,9-10,13-14H2. The average molecular weight is 202 g/mol. The first kappa shape index (κ1) is 11.4. The average Bonchev–Trinajstić information content (AvgIpc) is 2.69. The summed E-state index contributed by atoms with van der Waals surface area (Å²) in [5.74, 6) is 12.6. The summed E-state index contributed by atoms with van der Waals surface area (Å²) in [7, 11) is 0. The quantitative estimate of drug-likeness (QED) is 0.547. The zero-order valence-electron chi connectivity index (χ0n) is 8.55. The Morgan fingerprint density at radius 1 is 1.07 bits per heavy atom. The molecule has 0 amide bonds. The van der Waals surface area contributed by atoms with Crippen molar-refractivity contribution >= 4 is 0 Å². The molecule has 1 aromatic heterocycles. The van der Waals surface area contributed by atoms with E-state index in [1.165, 1.54) is 0 Å². The molecule has 0 aliphatic carbocycles. The van der Waals surface area contributed by atoms with Crippen molar-refractivity contribution in [2.45, 2.75) is 12.8 Å². The van der Waals surface area contributed by atoms with E-state index in [4.69, 9.17) is 15.9 Å². The largest absolute Gasteiger partial charge is 0.439 e. The van der Waals surface area contributed by atoms with Gasteiger partial charge in [0.1, 0.15) is 0 Å². The molecule has 0 atom stereocenters. The molecule has 0 unspecified atom stereocenters. The fourth-order valence-corrected chi connectivity index (χ4v) is 0.950. The van der Waals surface area contributed by atoms with Gasteiger partial charge in [-0.3, -0.25) is 0 Å². The zero-order valence-corrected chi connectivity index (χ0v) is 8.55. The highest BCUT2D eigenvalue weighted by molar-refractivity contribution is 5.32. The summed E-state index contributed by atoms with van der Waals surface area (Å²) in [5, 5.41) is 0. The number of nitrogens with two attached hydrogens (primary N) is 2. The predicted molar refractivity (Wildman–Crippen MR) is 59.8 cm³/mol. The van der Waals surface area contributed by atoms with Crippen LogP contribution in [0.15, 0.2) is 16.5 Å². The van der Waals surface area contributed by atoms with Crippen molar-refractivity contribution < 1.29 is 4.42 Å². The van der Waals surface area contributed by atoms with Crippen molar-refractivity contribution in [3.63, 3.8) is 0 Å². The molecule has 0 spiro atoms. The van der Waals surface area contributed by atoms with Crippen LogP contribution in [0.5, 0.6) is 0 Å². The van der Waals surface area contributed by atoms with Gasteiger partial charge in [0.05, 0.1) is 6.54 Å². The van der Waals surface area contributed by atoms with Crippen molar-refractivity contribution in [1.29, 1.82) is 0 Å². The maximum Gasteiger partial charge on any atom is 0.178 e. The highest BCUT2D eigenvalue weighted by Crippen LogP contribution is 2.04. The molecule has 15 heavy (non-hydrogen) atoms. The van der Waals surface area contributed by atoms with Crippen LogP contribution in [0.25, 0.3) is 0 Å². The van der Waals surface area contributed by atoms with Crippen LogP contribution in [0.2, 0.25) is 0 Å². The Morgan fingerprint density at radius 3 is 2.33 bits per heavy atom. The van der Waals surface area contributed by atoms with Crippen molar-refractivity contribution in [1.82, 2.24) is 0 Å². The van der Waals surface area contributed by atoms with Crippen LogP contribution < -0.4 is 11.5 Å². The lowest BCUT2D eigenvalue weighted by Gasteiger charge is -1.84. The Hall–Kier alpha value is -1.68. The van der Waals surface area contributed by atoms with Crippen molar-refractivity contribution in [3.05, 3.63) is 23.7 Å². The molecule has 0 aliphatic rings. The molecule has 1 aromatic rings. The SMILES string of the molecule is NCC#Cc1ccc(C#CCCCN)o1. The summed E-state index contributed by atoms with van der Waals surface area (Å²) in [4.78, 5) is 0. The summed E-state index contributed by atoms with van der Waals surface area (Å²) in [6.45, 7) is 0.998. The lowest BCUT2D eigenvalue weighted by atomic mass is 10.3. The van der Waals surface area contributed by atoms with Crippen LogP contribution in [0.3, 0.4) is 0 Å². The topological polar surface area (TPSA) is 65.2 Å². The molecule has 1 heterocycles. The third-order valence-electron chi connectivity index (χ3n) is 1.64. The fraction of sp³-hybridized carbons (Fsp3) is 0.333. The Balaban J connectivity index is 2.55. The minimum atomic E-state index is 0.332. The van der Waals surface area contributed by atoms with Gasteiger partial charge in [0.25, 0.3) is 0 Å². The van der Waals surface area contributed by atoms with E-state index in [0.29, 0.717) is 24.6 Å². The summed E-state index contributed by atoms with van der Waals surface area (Å²) < 4.78 is 5.33.